The van der Waals surface area contributed by atoms with Crippen molar-refractivity contribution in [1.82, 2.24) is 10.2 Å². The Morgan fingerprint density at radius 3 is 2.50 bits per heavy atom. The summed E-state index contributed by atoms with van der Waals surface area (Å²) in [5, 5.41) is 6.34. The number of nitrogens with one attached hydrogen (secondary N) is 2. The summed E-state index contributed by atoms with van der Waals surface area (Å²) in [7, 11) is 0. The van der Waals surface area contributed by atoms with Crippen LogP contribution in [0.4, 0.5) is 5.69 Å². The van der Waals surface area contributed by atoms with Crippen molar-refractivity contribution in [3.63, 3.8) is 0 Å². The summed E-state index contributed by atoms with van der Waals surface area (Å²) in [6.07, 6.45) is 2.91. The molecule has 134 valence electrons. The van der Waals surface area contributed by atoms with Crippen molar-refractivity contribution in [2.24, 2.45) is 5.92 Å². The third kappa shape index (κ3) is 5.74. The highest BCUT2D eigenvalue weighted by molar-refractivity contribution is 5.92. The molecule has 5 nitrogen and oxygen atoms in total. The number of halogens is 1. The second kappa shape index (κ2) is 9.99. The van der Waals surface area contributed by atoms with Gasteiger partial charge in [0.1, 0.15) is 0 Å². The first kappa shape index (κ1) is 19.2. The molecular weight excluding hydrogens is 326 g/mol. The highest BCUT2D eigenvalue weighted by Crippen LogP contribution is 2.16. The Bertz CT molecular complexity index is 497. The summed E-state index contributed by atoms with van der Waals surface area (Å²) < 4.78 is 5.37. The van der Waals surface area contributed by atoms with Gasteiger partial charge in [-0.2, -0.15) is 0 Å². The van der Waals surface area contributed by atoms with Crippen LogP contribution in [0, 0.1) is 5.92 Å². The Balaban J connectivity index is 0.00000208. The molecule has 0 saturated carbocycles. The van der Waals surface area contributed by atoms with Crippen molar-refractivity contribution in [3.8, 4) is 0 Å². The number of rotatable bonds is 5. The van der Waals surface area contributed by atoms with Crippen LogP contribution in [0.1, 0.15) is 18.4 Å². The number of hydrogen-bond donors (Lipinski definition) is 2. The van der Waals surface area contributed by atoms with Crippen LogP contribution in [-0.2, 0) is 16.0 Å². The van der Waals surface area contributed by atoms with Gasteiger partial charge in [0, 0.05) is 31.2 Å². The van der Waals surface area contributed by atoms with Crippen LogP contribution in [0.15, 0.2) is 24.3 Å². The van der Waals surface area contributed by atoms with Gasteiger partial charge in [-0.25, -0.2) is 0 Å². The molecule has 1 aromatic rings. The van der Waals surface area contributed by atoms with Gasteiger partial charge in [-0.1, -0.05) is 12.1 Å². The number of hydrogen-bond acceptors (Lipinski definition) is 4. The zero-order valence-electron chi connectivity index (χ0n) is 14.1. The number of ether oxygens (including phenoxy) is 1. The van der Waals surface area contributed by atoms with Gasteiger partial charge in [0.15, 0.2) is 0 Å². The zero-order valence-corrected chi connectivity index (χ0v) is 14.9. The fourth-order valence-corrected chi connectivity index (χ4v) is 3.20. The van der Waals surface area contributed by atoms with E-state index in [9.17, 15) is 4.79 Å². The molecule has 0 atom stereocenters. The van der Waals surface area contributed by atoms with E-state index in [0.29, 0.717) is 0 Å². The maximum absolute atomic E-state index is 12.2. The number of piperidine rings is 1. The molecule has 2 saturated heterocycles. The first-order chi connectivity index (χ1) is 11.3. The minimum atomic E-state index is 0. The summed E-state index contributed by atoms with van der Waals surface area (Å²) in [5.74, 6) is 0.310. The lowest BCUT2D eigenvalue weighted by Gasteiger charge is -2.26. The Morgan fingerprint density at radius 2 is 1.83 bits per heavy atom. The zero-order chi connectivity index (χ0) is 15.9. The third-order valence-corrected chi connectivity index (χ3v) is 4.75. The molecule has 0 radical (unpaired) electrons. The van der Waals surface area contributed by atoms with Gasteiger partial charge in [-0.05, 0) is 50.0 Å². The molecule has 24 heavy (non-hydrogen) atoms. The average molecular weight is 354 g/mol. The van der Waals surface area contributed by atoms with Crippen LogP contribution in [-0.4, -0.2) is 56.7 Å². The van der Waals surface area contributed by atoms with Crippen LogP contribution in [0.5, 0.6) is 0 Å². The van der Waals surface area contributed by atoms with Crippen molar-refractivity contribution >= 4 is 24.0 Å². The van der Waals surface area contributed by atoms with E-state index in [4.69, 9.17) is 4.74 Å². The standard InChI is InChI=1S/C18H27N3O2.ClH/c22-18(16-5-8-19-9-6-16)20-17-3-1-15(2-4-17)7-10-21-11-13-23-14-12-21;/h1-4,16,19H,5-14H2,(H,20,22);1H. The molecule has 0 unspecified atom stereocenters. The van der Waals surface area contributed by atoms with Crippen LogP contribution in [0.3, 0.4) is 0 Å². The van der Waals surface area contributed by atoms with Gasteiger partial charge in [-0.15, -0.1) is 12.4 Å². The fourth-order valence-electron chi connectivity index (χ4n) is 3.20. The van der Waals surface area contributed by atoms with E-state index in [1.54, 1.807) is 0 Å². The minimum absolute atomic E-state index is 0. The molecule has 2 heterocycles. The van der Waals surface area contributed by atoms with Gasteiger partial charge < -0.3 is 15.4 Å². The number of benzene rings is 1. The second-order valence-corrected chi connectivity index (χ2v) is 6.41. The van der Waals surface area contributed by atoms with Gasteiger partial charge in [-0.3, -0.25) is 9.69 Å². The molecule has 3 rings (SSSR count). The van der Waals surface area contributed by atoms with E-state index in [1.807, 2.05) is 12.1 Å². The van der Waals surface area contributed by atoms with Gasteiger partial charge in [0.2, 0.25) is 5.91 Å². The van der Waals surface area contributed by atoms with E-state index in [-0.39, 0.29) is 24.2 Å². The van der Waals surface area contributed by atoms with Crippen molar-refractivity contribution in [2.75, 3.05) is 51.3 Å². The topological polar surface area (TPSA) is 53.6 Å². The van der Waals surface area contributed by atoms with E-state index < -0.39 is 0 Å². The van der Waals surface area contributed by atoms with Crippen molar-refractivity contribution in [1.29, 1.82) is 0 Å². The van der Waals surface area contributed by atoms with Crippen LogP contribution in [0.2, 0.25) is 0 Å². The molecule has 0 bridgehead atoms. The minimum Gasteiger partial charge on any atom is -0.379 e. The molecule has 0 aromatic heterocycles. The fraction of sp³-hybridized carbons (Fsp3) is 0.611. The average Bonchev–Trinajstić information content (AvgIpc) is 2.63. The molecule has 1 aromatic carbocycles. The van der Waals surface area contributed by atoms with Gasteiger partial charge in [0.25, 0.3) is 0 Å². The predicted octanol–water partition coefficient (Wildman–Crippen LogP) is 1.92. The molecule has 2 N–H and O–H groups in total. The predicted molar refractivity (Wildman–Crippen MR) is 98.9 cm³/mol. The first-order valence-electron chi connectivity index (χ1n) is 8.72. The lowest BCUT2D eigenvalue weighted by molar-refractivity contribution is -0.120. The van der Waals surface area contributed by atoms with E-state index in [0.717, 1.165) is 70.9 Å². The highest BCUT2D eigenvalue weighted by Gasteiger charge is 2.20. The molecular formula is C18H28ClN3O2. The highest BCUT2D eigenvalue weighted by atomic mass is 35.5. The van der Waals surface area contributed by atoms with Gasteiger partial charge >= 0.3 is 0 Å². The number of nitrogens with zero attached hydrogens (tertiary/aromatic N) is 1. The quantitative estimate of drug-likeness (QED) is 0.849. The maximum atomic E-state index is 12.2. The third-order valence-electron chi connectivity index (χ3n) is 4.75. The summed E-state index contributed by atoms with van der Waals surface area (Å²) in [6, 6.07) is 8.29. The molecule has 0 spiro atoms. The van der Waals surface area contributed by atoms with Crippen LogP contribution < -0.4 is 10.6 Å². The SMILES string of the molecule is Cl.O=C(Nc1ccc(CCN2CCOCC2)cc1)C1CCNCC1. The Morgan fingerprint density at radius 1 is 1.17 bits per heavy atom. The molecule has 2 aliphatic heterocycles. The Labute approximate surface area is 150 Å². The first-order valence-corrected chi connectivity index (χ1v) is 8.72. The summed E-state index contributed by atoms with van der Waals surface area (Å²) in [4.78, 5) is 14.7. The van der Waals surface area contributed by atoms with Gasteiger partial charge in [0.05, 0.1) is 13.2 Å². The lowest BCUT2D eigenvalue weighted by Crippen LogP contribution is -2.37. The number of amides is 1. The van der Waals surface area contributed by atoms with Crippen LogP contribution >= 0.6 is 12.4 Å². The number of morpholine rings is 1. The summed E-state index contributed by atoms with van der Waals surface area (Å²) in [5.41, 5.74) is 2.22. The number of carbonyl (C=O) groups excluding carboxylic acids is 1. The molecule has 2 fully saturated rings. The van der Waals surface area contributed by atoms with E-state index in [1.165, 1.54) is 5.56 Å². The maximum Gasteiger partial charge on any atom is 0.227 e. The number of carbonyl (C=O) groups is 1. The largest absolute Gasteiger partial charge is 0.379 e. The monoisotopic (exact) mass is 353 g/mol. The lowest BCUT2D eigenvalue weighted by atomic mass is 9.97. The van der Waals surface area contributed by atoms with Crippen LogP contribution in [0.25, 0.3) is 0 Å². The molecule has 2 aliphatic rings. The summed E-state index contributed by atoms with van der Waals surface area (Å²) in [6.45, 7) is 6.72. The van der Waals surface area contributed by atoms with E-state index >= 15 is 0 Å². The van der Waals surface area contributed by atoms with Crippen molar-refractivity contribution in [3.05, 3.63) is 29.8 Å². The molecule has 1 amide bonds. The Hall–Kier alpha value is -1.14. The molecule has 0 aliphatic carbocycles. The molecule has 6 heteroatoms. The normalized spacial score (nSPS) is 19.5. The smallest absolute Gasteiger partial charge is 0.227 e. The van der Waals surface area contributed by atoms with Crippen molar-refractivity contribution < 1.29 is 9.53 Å². The Kier molecular flexibility index (Phi) is 7.99. The summed E-state index contributed by atoms with van der Waals surface area (Å²) >= 11 is 0. The number of anilines is 1. The van der Waals surface area contributed by atoms with Crippen molar-refractivity contribution in [2.45, 2.75) is 19.3 Å². The second-order valence-electron chi connectivity index (χ2n) is 6.41. The van der Waals surface area contributed by atoms with E-state index in [2.05, 4.69) is 27.7 Å².